The van der Waals surface area contributed by atoms with Gasteiger partial charge in [-0.2, -0.15) is 0 Å². The first-order valence-electron chi connectivity index (χ1n) is 7.44. The van der Waals surface area contributed by atoms with Crippen molar-refractivity contribution < 1.29 is 19.8 Å². The number of Topliss-reactive ketones (excluding diaryl/α,β-unsaturated/α-hetero) is 1. The number of ketones is 1. The van der Waals surface area contributed by atoms with Gasteiger partial charge >= 0.3 is 0 Å². The van der Waals surface area contributed by atoms with Gasteiger partial charge in [0.2, 0.25) is 6.29 Å². The molecule has 4 nitrogen and oxygen atoms in total. The molecule has 0 aliphatic carbocycles. The van der Waals surface area contributed by atoms with E-state index in [1.807, 2.05) is 18.4 Å². The Balaban J connectivity index is 2.30. The van der Waals surface area contributed by atoms with Crippen LogP contribution >= 0.6 is 0 Å². The van der Waals surface area contributed by atoms with Crippen LogP contribution in [-0.2, 0) is 9.59 Å². The van der Waals surface area contributed by atoms with E-state index in [9.17, 15) is 14.7 Å². The Morgan fingerprint density at radius 3 is 1.91 bits per heavy atom. The molecule has 2 aromatic rings. The lowest BCUT2D eigenvalue weighted by Gasteiger charge is -2.16. The van der Waals surface area contributed by atoms with Crippen molar-refractivity contribution in [3.05, 3.63) is 70.8 Å². The van der Waals surface area contributed by atoms with Crippen LogP contribution in [0, 0.1) is 0 Å². The highest BCUT2D eigenvalue weighted by molar-refractivity contribution is 5.87. The predicted octanol–water partition coefficient (Wildman–Crippen LogP) is 2.28. The molecule has 0 saturated heterocycles. The van der Waals surface area contributed by atoms with Crippen LogP contribution in [0.2, 0.25) is 0 Å². The predicted molar refractivity (Wildman–Crippen MR) is 86.9 cm³/mol. The van der Waals surface area contributed by atoms with Crippen molar-refractivity contribution in [2.45, 2.75) is 25.4 Å². The van der Waals surface area contributed by atoms with Crippen LogP contribution in [0.4, 0.5) is 0 Å². The first kappa shape index (κ1) is 17.1. The van der Waals surface area contributed by atoms with E-state index in [-0.39, 0.29) is 18.8 Å². The number of hydrogen-bond acceptors (Lipinski definition) is 4. The van der Waals surface area contributed by atoms with Crippen LogP contribution in [-0.4, -0.2) is 28.9 Å². The highest BCUT2D eigenvalue weighted by Crippen LogP contribution is 2.27. The van der Waals surface area contributed by atoms with E-state index in [4.69, 9.17) is 5.11 Å². The molecule has 0 heterocycles. The Bertz CT molecular complexity index is 659. The fourth-order valence-corrected chi connectivity index (χ4v) is 2.61. The van der Waals surface area contributed by atoms with E-state index in [1.165, 1.54) is 6.92 Å². The van der Waals surface area contributed by atoms with Crippen LogP contribution in [0.15, 0.2) is 48.5 Å². The minimum absolute atomic E-state index is 0.00325. The standard InChI is InChI=1S/C19H19O4/c1-13(22)19(16-4-2-14(12-21)3-5-16)17-8-6-15(7-9-17)18(23)10-11-20/h2-9,18-20,23H,10-11H2,1H3/t18-,19?/m0/s1. The third-order valence-electron chi connectivity index (χ3n) is 3.83. The molecule has 2 rings (SSSR count). The van der Waals surface area contributed by atoms with Gasteiger partial charge in [0.05, 0.1) is 12.0 Å². The maximum absolute atomic E-state index is 12.1. The SMILES string of the molecule is CC(=O)C(c1ccc([C]=O)cc1)c1ccc([C@@H](O)CCO)cc1. The molecule has 1 radical (unpaired) electrons. The fraction of sp³-hybridized carbons (Fsp3) is 0.263. The third-order valence-corrected chi connectivity index (χ3v) is 3.83. The van der Waals surface area contributed by atoms with Crippen molar-refractivity contribution in [2.24, 2.45) is 0 Å². The monoisotopic (exact) mass is 311 g/mol. The molecule has 4 heteroatoms. The highest BCUT2D eigenvalue weighted by Gasteiger charge is 2.19. The van der Waals surface area contributed by atoms with E-state index < -0.39 is 12.0 Å². The van der Waals surface area contributed by atoms with E-state index in [0.29, 0.717) is 11.1 Å². The largest absolute Gasteiger partial charge is 0.396 e. The molecule has 2 aromatic carbocycles. The van der Waals surface area contributed by atoms with E-state index in [0.717, 1.165) is 11.1 Å². The van der Waals surface area contributed by atoms with Crippen LogP contribution in [0.1, 0.15) is 47.6 Å². The first-order chi connectivity index (χ1) is 11.1. The van der Waals surface area contributed by atoms with Gasteiger partial charge in [-0.15, -0.1) is 0 Å². The zero-order chi connectivity index (χ0) is 16.8. The van der Waals surface area contributed by atoms with E-state index >= 15 is 0 Å². The Labute approximate surface area is 135 Å². The zero-order valence-corrected chi connectivity index (χ0v) is 12.9. The molecular weight excluding hydrogens is 292 g/mol. The maximum Gasteiger partial charge on any atom is 0.233 e. The summed E-state index contributed by atoms with van der Waals surface area (Å²) in [5.74, 6) is -0.420. The Morgan fingerprint density at radius 2 is 1.48 bits per heavy atom. The average molecular weight is 311 g/mol. The fourth-order valence-electron chi connectivity index (χ4n) is 2.61. The van der Waals surface area contributed by atoms with Gasteiger partial charge in [-0.3, -0.25) is 9.59 Å². The molecule has 0 fully saturated rings. The second-order valence-electron chi connectivity index (χ2n) is 5.46. The summed E-state index contributed by atoms with van der Waals surface area (Å²) in [6, 6.07) is 13.9. The summed E-state index contributed by atoms with van der Waals surface area (Å²) in [6.45, 7) is 1.44. The van der Waals surface area contributed by atoms with Gasteiger partial charge in [-0.25, -0.2) is 0 Å². The van der Waals surface area contributed by atoms with Crippen LogP contribution in [0.5, 0.6) is 0 Å². The molecule has 0 saturated carbocycles. The number of carbonyl (C=O) groups is 1. The van der Waals surface area contributed by atoms with Crippen LogP contribution < -0.4 is 0 Å². The molecule has 119 valence electrons. The highest BCUT2D eigenvalue weighted by atomic mass is 16.3. The molecule has 0 aromatic heterocycles. The zero-order valence-electron chi connectivity index (χ0n) is 12.9. The average Bonchev–Trinajstić information content (AvgIpc) is 2.56. The van der Waals surface area contributed by atoms with E-state index in [2.05, 4.69) is 0 Å². The topological polar surface area (TPSA) is 74.6 Å². The lowest BCUT2D eigenvalue weighted by Crippen LogP contribution is -2.11. The van der Waals surface area contributed by atoms with Gasteiger partial charge < -0.3 is 10.2 Å². The summed E-state index contributed by atoms with van der Waals surface area (Å²) in [5, 5.41) is 18.7. The van der Waals surface area contributed by atoms with Gasteiger partial charge in [0, 0.05) is 18.6 Å². The summed E-state index contributed by atoms with van der Waals surface area (Å²) in [7, 11) is 0. The van der Waals surface area contributed by atoms with Crippen LogP contribution in [0.3, 0.4) is 0 Å². The number of aliphatic hydroxyl groups excluding tert-OH is 2. The molecule has 0 aliphatic rings. The van der Waals surface area contributed by atoms with Crippen molar-refractivity contribution in [2.75, 3.05) is 6.61 Å². The van der Waals surface area contributed by atoms with Gasteiger partial charge in [0.15, 0.2) is 0 Å². The van der Waals surface area contributed by atoms with Gasteiger partial charge in [0.1, 0.15) is 5.78 Å². The Morgan fingerprint density at radius 1 is 1.00 bits per heavy atom. The molecule has 1 unspecified atom stereocenters. The van der Waals surface area contributed by atoms with Crippen LogP contribution in [0.25, 0.3) is 0 Å². The summed E-state index contributed by atoms with van der Waals surface area (Å²) >= 11 is 0. The van der Waals surface area contributed by atoms with Gasteiger partial charge in [-0.1, -0.05) is 48.5 Å². The normalized spacial score (nSPS) is 13.3. The van der Waals surface area contributed by atoms with Crippen molar-refractivity contribution in [3.63, 3.8) is 0 Å². The molecule has 0 aliphatic heterocycles. The number of rotatable bonds is 7. The number of carbonyl (C=O) groups excluding carboxylic acids is 2. The number of hydrogen-bond donors (Lipinski definition) is 2. The van der Waals surface area contributed by atoms with Crippen molar-refractivity contribution >= 4 is 12.1 Å². The summed E-state index contributed by atoms with van der Waals surface area (Å²) in [4.78, 5) is 22.7. The quantitative estimate of drug-likeness (QED) is 0.822. The Hall–Kier alpha value is -2.30. The third kappa shape index (κ3) is 4.12. The summed E-state index contributed by atoms with van der Waals surface area (Å²) in [5.41, 5.74) is 2.77. The Kier molecular flexibility index (Phi) is 5.79. The minimum atomic E-state index is -0.716. The summed E-state index contributed by atoms with van der Waals surface area (Å²) in [6.07, 6.45) is 1.37. The van der Waals surface area contributed by atoms with Crippen molar-refractivity contribution in [1.29, 1.82) is 0 Å². The maximum atomic E-state index is 12.1. The second-order valence-corrected chi connectivity index (χ2v) is 5.46. The molecule has 23 heavy (non-hydrogen) atoms. The summed E-state index contributed by atoms with van der Waals surface area (Å²) < 4.78 is 0. The second kappa shape index (κ2) is 7.81. The van der Waals surface area contributed by atoms with Gasteiger partial charge in [0.25, 0.3) is 0 Å². The number of aliphatic hydroxyl groups is 2. The molecule has 2 atom stereocenters. The van der Waals surface area contributed by atoms with Gasteiger partial charge in [-0.05, 0) is 23.6 Å². The molecular formula is C19H19O4. The lowest BCUT2D eigenvalue weighted by molar-refractivity contribution is -0.117. The molecule has 0 bridgehead atoms. The molecule has 0 amide bonds. The van der Waals surface area contributed by atoms with Crippen molar-refractivity contribution in [3.8, 4) is 0 Å². The molecule has 0 spiro atoms. The van der Waals surface area contributed by atoms with E-state index in [1.54, 1.807) is 36.4 Å². The first-order valence-corrected chi connectivity index (χ1v) is 7.44. The number of benzene rings is 2. The minimum Gasteiger partial charge on any atom is -0.396 e. The molecule has 2 N–H and O–H groups in total. The van der Waals surface area contributed by atoms with Crippen molar-refractivity contribution in [1.82, 2.24) is 0 Å². The lowest BCUT2D eigenvalue weighted by atomic mass is 9.87. The smallest absolute Gasteiger partial charge is 0.233 e.